The lowest BCUT2D eigenvalue weighted by Gasteiger charge is -2.33. The van der Waals surface area contributed by atoms with Gasteiger partial charge in [0.05, 0.1) is 12.2 Å². The number of ether oxygens (including phenoxy) is 1. The summed E-state index contributed by atoms with van der Waals surface area (Å²) in [5.41, 5.74) is 0.278. The SMILES string of the molecule is CC(C)C1(C)CNCC(C)(C)CO1. The van der Waals surface area contributed by atoms with E-state index in [0.29, 0.717) is 5.92 Å². The first-order valence-corrected chi connectivity index (χ1v) is 5.20. The fourth-order valence-corrected chi connectivity index (χ4v) is 1.48. The topological polar surface area (TPSA) is 21.3 Å². The molecule has 0 spiro atoms. The molecule has 2 heteroatoms. The summed E-state index contributed by atoms with van der Waals surface area (Å²) in [6.45, 7) is 14.0. The molecule has 1 fully saturated rings. The summed E-state index contributed by atoms with van der Waals surface area (Å²) in [7, 11) is 0. The van der Waals surface area contributed by atoms with Gasteiger partial charge in [-0.05, 0) is 12.8 Å². The summed E-state index contributed by atoms with van der Waals surface area (Å²) in [6, 6.07) is 0. The lowest BCUT2D eigenvalue weighted by Crippen LogP contribution is -2.42. The predicted molar refractivity (Wildman–Crippen MR) is 55.8 cm³/mol. The predicted octanol–water partition coefficient (Wildman–Crippen LogP) is 2.05. The van der Waals surface area contributed by atoms with E-state index < -0.39 is 0 Å². The summed E-state index contributed by atoms with van der Waals surface area (Å²) in [6.07, 6.45) is 0. The number of nitrogens with one attached hydrogen (secondary N) is 1. The van der Waals surface area contributed by atoms with Gasteiger partial charge in [-0.1, -0.05) is 27.7 Å². The van der Waals surface area contributed by atoms with Crippen molar-refractivity contribution in [3.63, 3.8) is 0 Å². The highest BCUT2D eigenvalue weighted by Crippen LogP contribution is 2.27. The minimum atomic E-state index is 0.00771. The number of hydrogen-bond donors (Lipinski definition) is 1. The van der Waals surface area contributed by atoms with Crippen molar-refractivity contribution in [2.75, 3.05) is 19.7 Å². The molecule has 78 valence electrons. The van der Waals surface area contributed by atoms with Crippen LogP contribution in [-0.4, -0.2) is 25.3 Å². The van der Waals surface area contributed by atoms with Crippen LogP contribution in [0.15, 0.2) is 0 Å². The van der Waals surface area contributed by atoms with Crippen molar-refractivity contribution in [3.05, 3.63) is 0 Å². The fourth-order valence-electron chi connectivity index (χ4n) is 1.48. The third kappa shape index (κ3) is 2.68. The lowest BCUT2D eigenvalue weighted by molar-refractivity contribution is -0.0730. The zero-order valence-electron chi connectivity index (χ0n) is 9.61. The van der Waals surface area contributed by atoms with Crippen molar-refractivity contribution in [1.29, 1.82) is 0 Å². The van der Waals surface area contributed by atoms with Crippen molar-refractivity contribution in [1.82, 2.24) is 5.32 Å². The van der Waals surface area contributed by atoms with Crippen LogP contribution in [0.5, 0.6) is 0 Å². The van der Waals surface area contributed by atoms with Crippen LogP contribution in [0.1, 0.15) is 34.6 Å². The molecule has 1 N–H and O–H groups in total. The Morgan fingerprint density at radius 1 is 1.15 bits per heavy atom. The normalized spacial score (nSPS) is 34.6. The second-order valence-electron chi connectivity index (χ2n) is 5.52. The first kappa shape index (κ1) is 11.0. The Bertz CT molecular complexity index is 177. The standard InChI is InChI=1S/C11H23NO/c1-9(2)11(5)7-12-6-10(3,4)8-13-11/h9,12H,6-8H2,1-5H3. The van der Waals surface area contributed by atoms with Gasteiger partial charge in [-0.25, -0.2) is 0 Å². The third-order valence-corrected chi connectivity index (χ3v) is 3.09. The van der Waals surface area contributed by atoms with E-state index in [-0.39, 0.29) is 11.0 Å². The summed E-state index contributed by atoms with van der Waals surface area (Å²) < 4.78 is 6.00. The first-order valence-electron chi connectivity index (χ1n) is 5.20. The van der Waals surface area contributed by atoms with E-state index in [1.807, 2.05) is 0 Å². The Hall–Kier alpha value is -0.0800. The number of hydrogen-bond acceptors (Lipinski definition) is 2. The van der Waals surface area contributed by atoms with Crippen LogP contribution < -0.4 is 5.32 Å². The molecule has 1 rings (SSSR count). The molecule has 2 nitrogen and oxygen atoms in total. The maximum Gasteiger partial charge on any atom is 0.0801 e. The van der Waals surface area contributed by atoms with Gasteiger partial charge in [0, 0.05) is 18.5 Å². The van der Waals surface area contributed by atoms with E-state index in [1.54, 1.807) is 0 Å². The van der Waals surface area contributed by atoms with E-state index in [0.717, 1.165) is 19.7 Å². The fraction of sp³-hybridized carbons (Fsp3) is 1.00. The van der Waals surface area contributed by atoms with Crippen molar-refractivity contribution in [3.8, 4) is 0 Å². The van der Waals surface area contributed by atoms with E-state index in [2.05, 4.69) is 39.9 Å². The average molecular weight is 185 g/mol. The van der Waals surface area contributed by atoms with Gasteiger partial charge in [-0.3, -0.25) is 0 Å². The maximum absolute atomic E-state index is 6.00. The molecule has 1 aliphatic rings. The molecule has 0 saturated carbocycles. The van der Waals surface area contributed by atoms with E-state index >= 15 is 0 Å². The van der Waals surface area contributed by atoms with Crippen molar-refractivity contribution in [2.45, 2.75) is 40.2 Å². The quantitative estimate of drug-likeness (QED) is 0.675. The molecule has 1 saturated heterocycles. The highest BCUT2D eigenvalue weighted by Gasteiger charge is 2.34. The Balaban J connectivity index is 2.63. The van der Waals surface area contributed by atoms with Gasteiger partial charge in [-0.2, -0.15) is 0 Å². The molecule has 0 aromatic heterocycles. The first-order chi connectivity index (χ1) is 5.86. The smallest absolute Gasteiger partial charge is 0.0801 e. The largest absolute Gasteiger partial charge is 0.373 e. The molecule has 0 radical (unpaired) electrons. The van der Waals surface area contributed by atoms with E-state index in [4.69, 9.17) is 4.74 Å². The Morgan fingerprint density at radius 2 is 1.77 bits per heavy atom. The van der Waals surface area contributed by atoms with Crippen LogP contribution in [0.25, 0.3) is 0 Å². The molecule has 13 heavy (non-hydrogen) atoms. The molecular formula is C11H23NO. The molecule has 1 atom stereocenters. The van der Waals surface area contributed by atoms with Crippen molar-refractivity contribution < 1.29 is 4.74 Å². The van der Waals surface area contributed by atoms with Gasteiger partial charge in [0.25, 0.3) is 0 Å². The molecule has 0 aromatic carbocycles. The van der Waals surface area contributed by atoms with E-state index in [1.165, 1.54) is 0 Å². The molecule has 1 unspecified atom stereocenters. The van der Waals surface area contributed by atoms with Gasteiger partial charge in [-0.15, -0.1) is 0 Å². The zero-order valence-corrected chi connectivity index (χ0v) is 9.61. The van der Waals surface area contributed by atoms with Gasteiger partial charge in [0.1, 0.15) is 0 Å². The van der Waals surface area contributed by atoms with Crippen LogP contribution in [0.4, 0.5) is 0 Å². The van der Waals surface area contributed by atoms with Crippen LogP contribution >= 0.6 is 0 Å². The summed E-state index contributed by atoms with van der Waals surface area (Å²) >= 11 is 0. The molecule has 0 aromatic rings. The Morgan fingerprint density at radius 3 is 2.31 bits per heavy atom. The summed E-state index contributed by atoms with van der Waals surface area (Å²) in [4.78, 5) is 0. The van der Waals surface area contributed by atoms with Gasteiger partial charge < -0.3 is 10.1 Å². The highest BCUT2D eigenvalue weighted by molar-refractivity contribution is 4.87. The molecular weight excluding hydrogens is 162 g/mol. The second kappa shape index (κ2) is 3.58. The molecule has 1 heterocycles. The highest BCUT2D eigenvalue weighted by atomic mass is 16.5. The molecule has 1 aliphatic heterocycles. The van der Waals surface area contributed by atoms with Gasteiger partial charge >= 0.3 is 0 Å². The Kier molecular flexibility index (Phi) is 3.03. The molecule has 0 amide bonds. The van der Waals surface area contributed by atoms with Gasteiger partial charge in [0.2, 0.25) is 0 Å². The summed E-state index contributed by atoms with van der Waals surface area (Å²) in [5.74, 6) is 0.564. The molecule has 0 bridgehead atoms. The van der Waals surface area contributed by atoms with Crippen molar-refractivity contribution >= 4 is 0 Å². The van der Waals surface area contributed by atoms with Crippen LogP contribution in [0.2, 0.25) is 0 Å². The van der Waals surface area contributed by atoms with Crippen LogP contribution in [0.3, 0.4) is 0 Å². The van der Waals surface area contributed by atoms with Crippen LogP contribution in [0, 0.1) is 11.3 Å². The van der Waals surface area contributed by atoms with E-state index in [9.17, 15) is 0 Å². The third-order valence-electron chi connectivity index (χ3n) is 3.09. The second-order valence-corrected chi connectivity index (χ2v) is 5.52. The molecule has 0 aliphatic carbocycles. The lowest BCUT2D eigenvalue weighted by atomic mass is 9.92. The minimum Gasteiger partial charge on any atom is -0.373 e. The van der Waals surface area contributed by atoms with Crippen molar-refractivity contribution in [2.24, 2.45) is 11.3 Å². The summed E-state index contributed by atoms with van der Waals surface area (Å²) in [5, 5.41) is 3.48. The number of rotatable bonds is 1. The minimum absolute atomic E-state index is 0.00771. The van der Waals surface area contributed by atoms with Gasteiger partial charge in [0.15, 0.2) is 0 Å². The average Bonchev–Trinajstić information content (AvgIpc) is 2.12. The Labute approximate surface area is 82.0 Å². The zero-order chi connectivity index (χ0) is 10.1. The maximum atomic E-state index is 6.00. The monoisotopic (exact) mass is 185 g/mol. The van der Waals surface area contributed by atoms with Crippen LogP contribution in [-0.2, 0) is 4.74 Å².